The van der Waals surface area contributed by atoms with Crippen molar-refractivity contribution in [2.24, 2.45) is 5.92 Å². The molecule has 1 fully saturated rings. The minimum atomic E-state index is -0.969. The minimum absolute atomic E-state index is 0.135. The highest BCUT2D eigenvalue weighted by atomic mass is 16.5. The van der Waals surface area contributed by atoms with Gasteiger partial charge in [-0.2, -0.15) is 0 Å². The summed E-state index contributed by atoms with van der Waals surface area (Å²) in [6.07, 6.45) is 2.45. The summed E-state index contributed by atoms with van der Waals surface area (Å²) in [7, 11) is 0. The molecular weight excluding hydrogens is 194 g/mol. The quantitative estimate of drug-likeness (QED) is 0.671. The van der Waals surface area contributed by atoms with Crippen LogP contribution in [0, 0.1) is 5.92 Å². The molecule has 1 unspecified atom stereocenters. The highest BCUT2D eigenvalue weighted by Crippen LogP contribution is 2.29. The average Bonchev–Trinajstić information content (AvgIpc) is 2.86. The van der Waals surface area contributed by atoms with Crippen LogP contribution in [-0.2, 0) is 9.53 Å². The predicted molar refractivity (Wildman–Crippen MR) is 57.9 cm³/mol. The van der Waals surface area contributed by atoms with Crippen LogP contribution in [0.25, 0.3) is 0 Å². The molecule has 0 saturated heterocycles. The lowest BCUT2D eigenvalue weighted by Gasteiger charge is -2.28. The molecule has 1 atom stereocenters. The van der Waals surface area contributed by atoms with Gasteiger partial charge in [0.2, 0.25) is 0 Å². The number of rotatable bonds is 7. The fourth-order valence-corrected chi connectivity index (χ4v) is 1.52. The molecule has 0 amide bonds. The minimum Gasteiger partial charge on any atom is -0.480 e. The van der Waals surface area contributed by atoms with Crippen molar-refractivity contribution in [3.8, 4) is 0 Å². The lowest BCUT2D eigenvalue weighted by atomic mass is 10.0. The predicted octanol–water partition coefficient (Wildman–Crippen LogP) is 1.25. The molecule has 0 aromatic rings. The zero-order valence-corrected chi connectivity index (χ0v) is 9.75. The Bertz CT molecular complexity index is 226. The number of carbonyl (C=O) groups is 1. The number of hydrogen-bond donors (Lipinski definition) is 2. The fourth-order valence-electron chi connectivity index (χ4n) is 1.52. The maximum absolute atomic E-state index is 11.1. The first-order chi connectivity index (χ1) is 6.94. The van der Waals surface area contributed by atoms with Crippen LogP contribution >= 0.6 is 0 Å². The number of carboxylic acid groups (broad SMARTS) is 1. The molecule has 2 N–H and O–H groups in total. The lowest BCUT2D eigenvalue weighted by molar-refractivity contribution is -0.147. The van der Waals surface area contributed by atoms with Crippen molar-refractivity contribution in [3.05, 3.63) is 0 Å². The number of carboxylic acids is 1. The molecule has 0 bridgehead atoms. The van der Waals surface area contributed by atoms with Gasteiger partial charge in [0.1, 0.15) is 5.54 Å². The lowest BCUT2D eigenvalue weighted by Crippen LogP contribution is -2.55. The van der Waals surface area contributed by atoms with E-state index in [1.165, 1.54) is 12.8 Å². The van der Waals surface area contributed by atoms with Crippen molar-refractivity contribution in [3.63, 3.8) is 0 Å². The van der Waals surface area contributed by atoms with Crippen LogP contribution in [0.1, 0.15) is 33.6 Å². The molecule has 1 aliphatic rings. The zero-order valence-electron chi connectivity index (χ0n) is 9.75. The summed E-state index contributed by atoms with van der Waals surface area (Å²) in [6.45, 7) is 6.46. The number of aliphatic carboxylic acids is 1. The Hall–Kier alpha value is -0.610. The maximum atomic E-state index is 11.1. The van der Waals surface area contributed by atoms with Crippen LogP contribution in [0.3, 0.4) is 0 Å². The Morgan fingerprint density at radius 3 is 2.60 bits per heavy atom. The van der Waals surface area contributed by atoms with E-state index in [9.17, 15) is 4.79 Å². The SMILES string of the molecule is CC(C)NC(C)(COCC1CC1)C(=O)O. The summed E-state index contributed by atoms with van der Waals surface area (Å²) in [5, 5.41) is 12.1. The smallest absolute Gasteiger partial charge is 0.326 e. The maximum Gasteiger partial charge on any atom is 0.326 e. The molecule has 15 heavy (non-hydrogen) atoms. The van der Waals surface area contributed by atoms with Crippen LogP contribution in [0.15, 0.2) is 0 Å². The molecule has 0 aromatic carbocycles. The molecule has 4 nitrogen and oxygen atoms in total. The van der Waals surface area contributed by atoms with Crippen molar-refractivity contribution in [2.45, 2.75) is 45.2 Å². The third kappa shape index (κ3) is 4.18. The molecule has 0 heterocycles. The van der Waals surface area contributed by atoms with Gasteiger partial charge in [-0.1, -0.05) is 0 Å². The van der Waals surface area contributed by atoms with E-state index in [0.717, 1.165) is 0 Å². The van der Waals surface area contributed by atoms with E-state index >= 15 is 0 Å². The molecule has 0 spiro atoms. The van der Waals surface area contributed by atoms with Crippen molar-refractivity contribution in [1.29, 1.82) is 0 Å². The number of nitrogens with one attached hydrogen (secondary N) is 1. The Morgan fingerprint density at radius 1 is 1.60 bits per heavy atom. The second-order valence-electron chi connectivity index (χ2n) is 4.89. The van der Waals surface area contributed by atoms with E-state index in [2.05, 4.69) is 5.32 Å². The van der Waals surface area contributed by atoms with E-state index in [-0.39, 0.29) is 12.6 Å². The normalized spacial score (nSPS) is 20.3. The Balaban J connectivity index is 2.36. The van der Waals surface area contributed by atoms with Gasteiger partial charge in [0.15, 0.2) is 0 Å². The van der Waals surface area contributed by atoms with Gasteiger partial charge < -0.3 is 9.84 Å². The highest BCUT2D eigenvalue weighted by molar-refractivity contribution is 5.78. The van der Waals surface area contributed by atoms with Crippen molar-refractivity contribution in [1.82, 2.24) is 5.32 Å². The molecule has 88 valence electrons. The topological polar surface area (TPSA) is 58.6 Å². The first kappa shape index (κ1) is 12.5. The summed E-state index contributed by atoms with van der Waals surface area (Å²) in [5.41, 5.74) is -0.969. The van der Waals surface area contributed by atoms with E-state index in [1.54, 1.807) is 6.92 Å². The van der Waals surface area contributed by atoms with Gasteiger partial charge in [-0.05, 0) is 39.5 Å². The second-order valence-corrected chi connectivity index (χ2v) is 4.89. The standard InChI is InChI=1S/C11H21NO3/c1-8(2)12-11(3,10(13)14)7-15-6-9-4-5-9/h8-9,12H,4-7H2,1-3H3,(H,13,14). The zero-order chi connectivity index (χ0) is 11.5. The van der Waals surface area contributed by atoms with E-state index in [0.29, 0.717) is 12.5 Å². The average molecular weight is 215 g/mol. The van der Waals surface area contributed by atoms with Crippen LogP contribution < -0.4 is 5.32 Å². The number of ether oxygens (including phenoxy) is 1. The van der Waals surface area contributed by atoms with Gasteiger partial charge in [-0.3, -0.25) is 10.1 Å². The largest absolute Gasteiger partial charge is 0.480 e. The van der Waals surface area contributed by atoms with Crippen molar-refractivity contribution >= 4 is 5.97 Å². The summed E-state index contributed by atoms with van der Waals surface area (Å²) >= 11 is 0. The summed E-state index contributed by atoms with van der Waals surface area (Å²) in [6, 6.07) is 0.135. The fraction of sp³-hybridized carbons (Fsp3) is 0.909. The molecule has 1 rings (SSSR count). The molecular formula is C11H21NO3. The Labute approximate surface area is 91.0 Å². The van der Waals surface area contributed by atoms with Gasteiger partial charge in [-0.15, -0.1) is 0 Å². The van der Waals surface area contributed by atoms with Crippen LogP contribution in [0.4, 0.5) is 0 Å². The van der Waals surface area contributed by atoms with E-state index < -0.39 is 11.5 Å². The molecule has 0 radical (unpaired) electrons. The van der Waals surface area contributed by atoms with Gasteiger partial charge in [0.05, 0.1) is 6.61 Å². The summed E-state index contributed by atoms with van der Waals surface area (Å²) in [4.78, 5) is 11.1. The van der Waals surface area contributed by atoms with Crippen molar-refractivity contribution < 1.29 is 14.6 Å². The first-order valence-electron chi connectivity index (χ1n) is 5.53. The van der Waals surface area contributed by atoms with Gasteiger partial charge in [0, 0.05) is 12.6 Å². The second kappa shape index (κ2) is 4.94. The molecule has 0 aliphatic heterocycles. The van der Waals surface area contributed by atoms with Crippen molar-refractivity contribution in [2.75, 3.05) is 13.2 Å². The van der Waals surface area contributed by atoms with E-state index in [4.69, 9.17) is 9.84 Å². The van der Waals surface area contributed by atoms with E-state index in [1.807, 2.05) is 13.8 Å². The Kier molecular flexibility index (Phi) is 4.11. The summed E-state index contributed by atoms with van der Waals surface area (Å²) < 4.78 is 5.44. The van der Waals surface area contributed by atoms with Crippen LogP contribution in [0.5, 0.6) is 0 Å². The summed E-state index contributed by atoms with van der Waals surface area (Å²) in [5.74, 6) is -0.186. The third-order valence-electron chi connectivity index (χ3n) is 2.52. The first-order valence-corrected chi connectivity index (χ1v) is 5.53. The van der Waals surface area contributed by atoms with Gasteiger partial charge in [-0.25, -0.2) is 0 Å². The number of hydrogen-bond acceptors (Lipinski definition) is 3. The van der Waals surface area contributed by atoms with Crippen LogP contribution in [0.2, 0.25) is 0 Å². The van der Waals surface area contributed by atoms with Crippen LogP contribution in [-0.4, -0.2) is 35.9 Å². The molecule has 4 heteroatoms. The molecule has 0 aromatic heterocycles. The molecule has 1 aliphatic carbocycles. The van der Waals surface area contributed by atoms with Gasteiger partial charge >= 0.3 is 5.97 Å². The Morgan fingerprint density at radius 2 is 2.20 bits per heavy atom. The monoisotopic (exact) mass is 215 g/mol. The third-order valence-corrected chi connectivity index (χ3v) is 2.52. The molecule has 1 saturated carbocycles. The highest BCUT2D eigenvalue weighted by Gasteiger charge is 2.34. The van der Waals surface area contributed by atoms with Gasteiger partial charge in [0.25, 0.3) is 0 Å².